The molecular weight excluding hydrogens is 278 g/mol. The summed E-state index contributed by atoms with van der Waals surface area (Å²) in [7, 11) is 1.45. The molecule has 1 heterocycles. The SMILES string of the molecule is COc1cc(-c2ncnc(C)c2Cl)c(F)cc1Cl. The Labute approximate surface area is 114 Å². The van der Waals surface area contributed by atoms with Crippen molar-refractivity contribution in [2.24, 2.45) is 0 Å². The number of ether oxygens (including phenoxy) is 1. The fraction of sp³-hybridized carbons (Fsp3) is 0.167. The van der Waals surface area contributed by atoms with Crippen LogP contribution in [0.1, 0.15) is 5.69 Å². The predicted molar refractivity (Wildman–Crippen MR) is 68.7 cm³/mol. The van der Waals surface area contributed by atoms with Crippen molar-refractivity contribution in [2.75, 3.05) is 7.11 Å². The molecule has 0 radical (unpaired) electrons. The molecule has 0 fully saturated rings. The van der Waals surface area contributed by atoms with Crippen LogP contribution < -0.4 is 4.74 Å². The van der Waals surface area contributed by atoms with Gasteiger partial charge in [-0.3, -0.25) is 0 Å². The Bertz CT molecular complexity index is 605. The second-order valence-electron chi connectivity index (χ2n) is 3.59. The Morgan fingerprint density at radius 2 is 1.94 bits per heavy atom. The molecule has 0 unspecified atom stereocenters. The van der Waals surface area contributed by atoms with Gasteiger partial charge in [0.1, 0.15) is 17.9 Å². The lowest BCUT2D eigenvalue weighted by molar-refractivity contribution is 0.414. The van der Waals surface area contributed by atoms with Crippen LogP contribution in [0.4, 0.5) is 4.39 Å². The van der Waals surface area contributed by atoms with Gasteiger partial charge in [-0.05, 0) is 19.1 Å². The molecule has 3 nitrogen and oxygen atoms in total. The number of methoxy groups -OCH3 is 1. The summed E-state index contributed by atoms with van der Waals surface area (Å²) in [4.78, 5) is 7.93. The molecule has 0 atom stereocenters. The third kappa shape index (κ3) is 2.26. The largest absolute Gasteiger partial charge is 0.495 e. The van der Waals surface area contributed by atoms with Gasteiger partial charge < -0.3 is 4.74 Å². The average Bonchev–Trinajstić information content (AvgIpc) is 2.34. The van der Waals surface area contributed by atoms with Gasteiger partial charge in [0, 0.05) is 5.56 Å². The predicted octanol–water partition coefficient (Wildman–Crippen LogP) is 3.91. The van der Waals surface area contributed by atoms with Gasteiger partial charge in [-0.1, -0.05) is 23.2 Å². The van der Waals surface area contributed by atoms with Gasteiger partial charge >= 0.3 is 0 Å². The first-order valence-electron chi connectivity index (χ1n) is 5.05. The number of nitrogens with zero attached hydrogens (tertiary/aromatic N) is 2. The molecule has 0 saturated heterocycles. The summed E-state index contributed by atoms with van der Waals surface area (Å²) in [6.07, 6.45) is 1.33. The van der Waals surface area contributed by atoms with Crippen LogP contribution in [0.2, 0.25) is 10.0 Å². The van der Waals surface area contributed by atoms with Gasteiger partial charge in [0.2, 0.25) is 0 Å². The zero-order valence-electron chi connectivity index (χ0n) is 9.67. The lowest BCUT2D eigenvalue weighted by Crippen LogP contribution is -1.95. The van der Waals surface area contributed by atoms with Crippen LogP contribution in [-0.2, 0) is 0 Å². The molecular formula is C12H9Cl2FN2O. The van der Waals surface area contributed by atoms with E-state index in [0.29, 0.717) is 22.2 Å². The molecule has 94 valence electrons. The van der Waals surface area contributed by atoms with Crippen LogP contribution in [0.3, 0.4) is 0 Å². The second-order valence-corrected chi connectivity index (χ2v) is 4.37. The van der Waals surface area contributed by atoms with Crippen LogP contribution in [-0.4, -0.2) is 17.1 Å². The summed E-state index contributed by atoms with van der Waals surface area (Å²) in [5, 5.41) is 0.501. The smallest absolute Gasteiger partial charge is 0.138 e. The van der Waals surface area contributed by atoms with E-state index in [-0.39, 0.29) is 10.6 Å². The maximum Gasteiger partial charge on any atom is 0.138 e. The van der Waals surface area contributed by atoms with Crippen molar-refractivity contribution in [2.45, 2.75) is 6.92 Å². The van der Waals surface area contributed by atoms with Crippen molar-refractivity contribution in [1.29, 1.82) is 0 Å². The minimum Gasteiger partial charge on any atom is -0.495 e. The summed E-state index contributed by atoms with van der Waals surface area (Å²) in [5.41, 5.74) is 1.12. The average molecular weight is 287 g/mol. The number of hydrogen-bond acceptors (Lipinski definition) is 3. The first-order valence-corrected chi connectivity index (χ1v) is 5.80. The van der Waals surface area contributed by atoms with Crippen molar-refractivity contribution < 1.29 is 9.13 Å². The van der Waals surface area contributed by atoms with Gasteiger partial charge in [0.15, 0.2) is 0 Å². The first kappa shape index (κ1) is 13.1. The van der Waals surface area contributed by atoms with E-state index in [4.69, 9.17) is 27.9 Å². The van der Waals surface area contributed by atoms with E-state index in [9.17, 15) is 4.39 Å². The Morgan fingerprint density at radius 1 is 1.22 bits per heavy atom. The molecule has 0 spiro atoms. The van der Waals surface area contributed by atoms with Crippen LogP contribution in [0, 0.1) is 12.7 Å². The van der Waals surface area contributed by atoms with Crippen LogP contribution in [0.15, 0.2) is 18.5 Å². The van der Waals surface area contributed by atoms with Crippen LogP contribution in [0.25, 0.3) is 11.3 Å². The number of aryl methyl sites for hydroxylation is 1. The Balaban J connectivity index is 2.67. The number of rotatable bonds is 2. The van der Waals surface area contributed by atoms with E-state index >= 15 is 0 Å². The summed E-state index contributed by atoms with van der Waals surface area (Å²) in [5.74, 6) is -0.152. The molecule has 0 aliphatic rings. The van der Waals surface area contributed by atoms with E-state index < -0.39 is 5.82 Å². The molecule has 1 aromatic carbocycles. The molecule has 2 rings (SSSR count). The Hall–Kier alpha value is -1.39. The fourth-order valence-electron chi connectivity index (χ4n) is 1.51. The molecule has 1 aromatic heterocycles. The molecule has 0 aliphatic carbocycles. The van der Waals surface area contributed by atoms with E-state index in [2.05, 4.69) is 9.97 Å². The first-order chi connectivity index (χ1) is 8.54. The lowest BCUT2D eigenvalue weighted by atomic mass is 10.1. The number of hydrogen-bond donors (Lipinski definition) is 0. The molecule has 2 aromatic rings. The van der Waals surface area contributed by atoms with Gasteiger partial charge in [0.05, 0.1) is 28.5 Å². The highest BCUT2D eigenvalue weighted by molar-refractivity contribution is 6.34. The third-order valence-corrected chi connectivity index (χ3v) is 3.21. The Morgan fingerprint density at radius 3 is 2.61 bits per heavy atom. The maximum atomic E-state index is 13.9. The highest BCUT2D eigenvalue weighted by Crippen LogP contribution is 2.35. The van der Waals surface area contributed by atoms with Gasteiger partial charge in [-0.2, -0.15) is 0 Å². The van der Waals surface area contributed by atoms with Crippen molar-refractivity contribution >= 4 is 23.2 Å². The summed E-state index contributed by atoms with van der Waals surface area (Å²) < 4.78 is 19.0. The van der Waals surface area contributed by atoms with E-state index in [1.54, 1.807) is 6.92 Å². The molecule has 0 saturated carbocycles. The van der Waals surface area contributed by atoms with Gasteiger partial charge in [-0.25, -0.2) is 14.4 Å². The molecule has 0 bridgehead atoms. The van der Waals surface area contributed by atoms with Crippen molar-refractivity contribution in [3.63, 3.8) is 0 Å². The zero-order valence-corrected chi connectivity index (χ0v) is 11.2. The van der Waals surface area contributed by atoms with Gasteiger partial charge in [0.25, 0.3) is 0 Å². The van der Waals surface area contributed by atoms with Crippen molar-refractivity contribution in [3.05, 3.63) is 40.0 Å². The van der Waals surface area contributed by atoms with Gasteiger partial charge in [-0.15, -0.1) is 0 Å². The normalized spacial score (nSPS) is 10.5. The highest BCUT2D eigenvalue weighted by Gasteiger charge is 2.16. The quantitative estimate of drug-likeness (QED) is 0.840. The van der Waals surface area contributed by atoms with Crippen molar-refractivity contribution in [3.8, 4) is 17.0 Å². The van der Waals surface area contributed by atoms with Crippen LogP contribution >= 0.6 is 23.2 Å². The Kier molecular flexibility index (Phi) is 3.68. The van der Waals surface area contributed by atoms with E-state index in [0.717, 1.165) is 0 Å². The molecule has 0 N–H and O–H groups in total. The number of benzene rings is 1. The molecule has 18 heavy (non-hydrogen) atoms. The minimum atomic E-state index is -0.513. The summed E-state index contributed by atoms with van der Waals surface area (Å²) in [6.45, 7) is 1.72. The number of halogens is 3. The molecule has 6 heteroatoms. The fourth-order valence-corrected chi connectivity index (χ4v) is 1.94. The highest BCUT2D eigenvalue weighted by atomic mass is 35.5. The third-order valence-electron chi connectivity index (χ3n) is 2.46. The minimum absolute atomic E-state index is 0.195. The molecule has 0 aliphatic heterocycles. The lowest BCUT2D eigenvalue weighted by Gasteiger charge is -2.09. The maximum absolute atomic E-state index is 13.9. The monoisotopic (exact) mass is 286 g/mol. The standard InChI is InChI=1S/C12H9Cl2FN2O/c1-6-11(14)12(17-5-16-6)7-3-10(18-2)8(13)4-9(7)15/h3-5H,1-2H3. The number of aromatic nitrogens is 2. The topological polar surface area (TPSA) is 35.0 Å². The molecule has 0 amide bonds. The van der Waals surface area contributed by atoms with E-state index in [1.165, 1.54) is 25.6 Å². The van der Waals surface area contributed by atoms with Crippen LogP contribution in [0.5, 0.6) is 5.75 Å². The van der Waals surface area contributed by atoms with Crippen molar-refractivity contribution in [1.82, 2.24) is 9.97 Å². The summed E-state index contributed by atoms with van der Waals surface area (Å²) >= 11 is 11.9. The summed E-state index contributed by atoms with van der Waals surface area (Å²) in [6, 6.07) is 2.63. The van der Waals surface area contributed by atoms with E-state index in [1.807, 2.05) is 0 Å². The second kappa shape index (κ2) is 5.08. The zero-order chi connectivity index (χ0) is 13.3.